The summed E-state index contributed by atoms with van der Waals surface area (Å²) in [6.45, 7) is 2.10. The predicted molar refractivity (Wildman–Crippen MR) is 114 cm³/mol. The number of rotatable bonds is 7. The van der Waals surface area contributed by atoms with Crippen molar-refractivity contribution in [3.05, 3.63) is 59.1 Å². The van der Waals surface area contributed by atoms with Gasteiger partial charge in [-0.2, -0.15) is 0 Å². The first-order chi connectivity index (χ1) is 13.0. The van der Waals surface area contributed by atoms with Gasteiger partial charge in [0.25, 0.3) is 5.91 Å². The summed E-state index contributed by atoms with van der Waals surface area (Å²) < 4.78 is 0. The van der Waals surface area contributed by atoms with Crippen LogP contribution >= 0.6 is 23.8 Å². The number of nitrogens with one attached hydrogen (secondary N) is 3. The van der Waals surface area contributed by atoms with E-state index in [0.29, 0.717) is 22.7 Å². The van der Waals surface area contributed by atoms with E-state index in [0.717, 1.165) is 24.9 Å². The SMILES string of the molecule is CCCCCC(=O)Nc1ccc(NC(=S)NC(=O)c2cccc(Cl)c2)cc1. The first-order valence-electron chi connectivity index (χ1n) is 8.75. The fourth-order valence-corrected chi connectivity index (χ4v) is 2.76. The molecular weight excluding hydrogens is 382 g/mol. The number of carbonyl (C=O) groups is 2. The third-order valence-corrected chi connectivity index (χ3v) is 4.19. The second-order valence-corrected chi connectivity index (χ2v) is 6.85. The lowest BCUT2D eigenvalue weighted by Crippen LogP contribution is -2.34. The highest BCUT2D eigenvalue weighted by atomic mass is 35.5. The summed E-state index contributed by atoms with van der Waals surface area (Å²) in [5.74, 6) is -0.334. The van der Waals surface area contributed by atoms with Gasteiger partial charge in [-0.1, -0.05) is 37.4 Å². The molecule has 0 aromatic heterocycles. The van der Waals surface area contributed by atoms with Crippen molar-refractivity contribution in [3.63, 3.8) is 0 Å². The summed E-state index contributed by atoms with van der Waals surface area (Å²) in [7, 11) is 0. The minimum absolute atomic E-state index is 0.00784. The number of hydrogen-bond donors (Lipinski definition) is 3. The van der Waals surface area contributed by atoms with Gasteiger partial charge in [-0.05, 0) is 61.1 Å². The molecule has 0 unspecified atom stereocenters. The van der Waals surface area contributed by atoms with Crippen molar-refractivity contribution >= 4 is 52.1 Å². The molecule has 0 spiro atoms. The first-order valence-corrected chi connectivity index (χ1v) is 9.54. The highest BCUT2D eigenvalue weighted by Gasteiger charge is 2.08. The van der Waals surface area contributed by atoms with E-state index in [-0.39, 0.29) is 16.9 Å². The fraction of sp³-hybridized carbons (Fsp3) is 0.250. The Labute approximate surface area is 169 Å². The zero-order chi connectivity index (χ0) is 19.6. The van der Waals surface area contributed by atoms with E-state index in [1.54, 1.807) is 48.5 Å². The number of unbranched alkanes of at least 4 members (excludes halogenated alkanes) is 2. The number of thiocarbonyl (C=S) groups is 1. The van der Waals surface area contributed by atoms with Crippen molar-refractivity contribution in [2.45, 2.75) is 32.6 Å². The Bertz CT molecular complexity index is 809. The Morgan fingerprint density at radius 2 is 1.67 bits per heavy atom. The Morgan fingerprint density at radius 3 is 2.30 bits per heavy atom. The minimum Gasteiger partial charge on any atom is -0.332 e. The quantitative estimate of drug-likeness (QED) is 0.450. The summed E-state index contributed by atoms with van der Waals surface area (Å²) in [5, 5.41) is 9.05. The van der Waals surface area contributed by atoms with Crippen molar-refractivity contribution in [2.24, 2.45) is 0 Å². The van der Waals surface area contributed by atoms with E-state index >= 15 is 0 Å². The van der Waals surface area contributed by atoms with Crippen LogP contribution in [0.2, 0.25) is 5.02 Å². The number of hydrogen-bond acceptors (Lipinski definition) is 3. The standard InChI is InChI=1S/C20H22ClN3O2S/c1-2-3-4-8-18(25)22-16-9-11-17(12-10-16)23-20(27)24-19(26)14-6-5-7-15(21)13-14/h5-7,9-13H,2-4,8H2,1H3,(H,22,25)(H2,23,24,26,27). The van der Waals surface area contributed by atoms with Crippen molar-refractivity contribution < 1.29 is 9.59 Å². The number of anilines is 2. The van der Waals surface area contributed by atoms with Crippen LogP contribution in [0.1, 0.15) is 43.0 Å². The van der Waals surface area contributed by atoms with Crippen molar-refractivity contribution in [3.8, 4) is 0 Å². The molecule has 0 aliphatic carbocycles. The van der Waals surface area contributed by atoms with E-state index in [2.05, 4.69) is 22.9 Å². The van der Waals surface area contributed by atoms with Crippen molar-refractivity contribution in [1.29, 1.82) is 0 Å². The predicted octanol–water partition coefficient (Wildman–Crippen LogP) is 4.99. The van der Waals surface area contributed by atoms with Gasteiger partial charge in [-0.25, -0.2) is 0 Å². The molecule has 0 aliphatic rings. The van der Waals surface area contributed by atoms with Gasteiger partial charge in [0.05, 0.1) is 0 Å². The molecule has 142 valence electrons. The molecule has 27 heavy (non-hydrogen) atoms. The summed E-state index contributed by atoms with van der Waals surface area (Å²) in [6, 6.07) is 13.7. The van der Waals surface area contributed by atoms with Gasteiger partial charge in [-0.15, -0.1) is 0 Å². The van der Waals surface area contributed by atoms with E-state index in [1.807, 2.05) is 0 Å². The molecule has 0 aliphatic heterocycles. The van der Waals surface area contributed by atoms with E-state index in [1.165, 1.54) is 0 Å². The normalized spacial score (nSPS) is 10.1. The molecule has 0 atom stereocenters. The van der Waals surface area contributed by atoms with Crippen LogP contribution in [0.15, 0.2) is 48.5 Å². The van der Waals surface area contributed by atoms with Crippen molar-refractivity contribution in [1.82, 2.24) is 5.32 Å². The smallest absolute Gasteiger partial charge is 0.257 e. The minimum atomic E-state index is -0.342. The zero-order valence-electron chi connectivity index (χ0n) is 15.0. The molecule has 7 heteroatoms. The molecule has 2 aromatic rings. The number of amides is 2. The molecule has 3 N–H and O–H groups in total. The van der Waals surface area contributed by atoms with Gasteiger partial charge in [0.2, 0.25) is 5.91 Å². The first kappa shape index (κ1) is 20.9. The summed E-state index contributed by atoms with van der Waals surface area (Å²) >= 11 is 11.0. The van der Waals surface area contributed by atoms with E-state index < -0.39 is 0 Å². The average molecular weight is 404 g/mol. The van der Waals surface area contributed by atoms with Crippen LogP contribution in [0.3, 0.4) is 0 Å². The molecule has 0 saturated heterocycles. The van der Waals surface area contributed by atoms with Gasteiger partial charge >= 0.3 is 0 Å². The van der Waals surface area contributed by atoms with Crippen LogP contribution in [0.5, 0.6) is 0 Å². The maximum atomic E-state index is 12.1. The average Bonchev–Trinajstić information content (AvgIpc) is 2.63. The van der Waals surface area contributed by atoms with Crippen LogP contribution < -0.4 is 16.0 Å². The molecule has 2 aromatic carbocycles. The monoisotopic (exact) mass is 403 g/mol. The van der Waals surface area contributed by atoms with E-state index in [4.69, 9.17) is 23.8 Å². The second-order valence-electron chi connectivity index (χ2n) is 6.00. The Hall–Kier alpha value is -2.44. The van der Waals surface area contributed by atoms with Gasteiger partial charge in [-0.3, -0.25) is 14.9 Å². The third-order valence-electron chi connectivity index (χ3n) is 3.75. The molecule has 5 nitrogen and oxygen atoms in total. The highest BCUT2D eigenvalue weighted by Crippen LogP contribution is 2.15. The molecule has 0 bridgehead atoms. The molecule has 2 amide bonds. The van der Waals surface area contributed by atoms with Gasteiger partial charge in [0.15, 0.2) is 5.11 Å². The fourth-order valence-electron chi connectivity index (χ4n) is 2.36. The van der Waals surface area contributed by atoms with Crippen molar-refractivity contribution in [2.75, 3.05) is 10.6 Å². The molecule has 0 saturated carbocycles. The van der Waals surface area contributed by atoms with Crippen LogP contribution in [-0.2, 0) is 4.79 Å². The molecule has 0 heterocycles. The topological polar surface area (TPSA) is 70.2 Å². The highest BCUT2D eigenvalue weighted by molar-refractivity contribution is 7.80. The van der Waals surface area contributed by atoms with Crippen LogP contribution in [0, 0.1) is 0 Å². The Morgan fingerprint density at radius 1 is 1.00 bits per heavy atom. The number of halogens is 1. The second kappa shape index (κ2) is 10.6. The Kier molecular flexibility index (Phi) is 8.23. The lowest BCUT2D eigenvalue weighted by Gasteiger charge is -2.11. The lowest BCUT2D eigenvalue weighted by molar-refractivity contribution is -0.116. The zero-order valence-corrected chi connectivity index (χ0v) is 16.6. The molecule has 0 fully saturated rings. The summed E-state index contributed by atoms with van der Waals surface area (Å²) in [4.78, 5) is 24.0. The maximum Gasteiger partial charge on any atom is 0.257 e. The Balaban J connectivity index is 1.84. The third kappa shape index (κ3) is 7.37. The van der Waals surface area contributed by atoms with Crippen LogP contribution in [0.4, 0.5) is 11.4 Å². The summed E-state index contributed by atoms with van der Waals surface area (Å²) in [5.41, 5.74) is 1.85. The van der Waals surface area contributed by atoms with Crippen LogP contribution in [-0.4, -0.2) is 16.9 Å². The number of benzene rings is 2. The number of carbonyl (C=O) groups excluding carboxylic acids is 2. The van der Waals surface area contributed by atoms with Gasteiger partial charge in [0, 0.05) is 28.4 Å². The summed E-state index contributed by atoms with van der Waals surface area (Å²) in [6.07, 6.45) is 3.55. The van der Waals surface area contributed by atoms with Gasteiger partial charge in [0.1, 0.15) is 0 Å². The largest absolute Gasteiger partial charge is 0.332 e. The molecule has 0 radical (unpaired) electrons. The lowest BCUT2D eigenvalue weighted by atomic mass is 10.2. The van der Waals surface area contributed by atoms with E-state index in [9.17, 15) is 9.59 Å². The van der Waals surface area contributed by atoms with Gasteiger partial charge < -0.3 is 10.6 Å². The molecule has 2 rings (SSSR count). The molecular formula is C20H22ClN3O2S. The van der Waals surface area contributed by atoms with Crippen LogP contribution in [0.25, 0.3) is 0 Å². The maximum absolute atomic E-state index is 12.1.